The van der Waals surface area contributed by atoms with Gasteiger partial charge in [-0.2, -0.15) is 0 Å². The summed E-state index contributed by atoms with van der Waals surface area (Å²) in [6.45, 7) is 6.86. The van der Waals surface area contributed by atoms with Crippen LogP contribution in [-0.4, -0.2) is 9.13 Å². The van der Waals surface area contributed by atoms with Crippen molar-refractivity contribution in [3.8, 4) is 0 Å². The number of hydrogen-bond acceptors (Lipinski definition) is 0. The van der Waals surface area contributed by atoms with Gasteiger partial charge in [0.2, 0.25) is 0 Å². The SMILES string of the molecule is Cn1ccc2ccc(Br)cc21.[C-]#[N+]c1ccc2ccn(C)c2c1. The van der Waals surface area contributed by atoms with Crippen LogP contribution in [0.2, 0.25) is 0 Å². The minimum atomic E-state index is 0.698. The van der Waals surface area contributed by atoms with Gasteiger partial charge in [0, 0.05) is 42.0 Å². The third-order valence-electron chi connectivity index (χ3n) is 3.85. The largest absolute Gasteiger partial charge is 0.352 e. The van der Waals surface area contributed by atoms with E-state index in [2.05, 4.69) is 62.9 Å². The monoisotopic (exact) mass is 365 g/mol. The smallest absolute Gasteiger partial charge is 0.189 e. The lowest BCUT2D eigenvalue weighted by atomic mass is 10.2. The maximum atomic E-state index is 6.86. The van der Waals surface area contributed by atoms with Crippen LogP contribution in [0.15, 0.2) is 65.4 Å². The van der Waals surface area contributed by atoms with Gasteiger partial charge in [0.15, 0.2) is 5.69 Å². The highest BCUT2D eigenvalue weighted by molar-refractivity contribution is 9.10. The molecule has 4 heteroatoms. The van der Waals surface area contributed by atoms with Crippen LogP contribution in [0.25, 0.3) is 26.7 Å². The van der Waals surface area contributed by atoms with Gasteiger partial charge in [-0.15, -0.1) is 0 Å². The normalized spacial score (nSPS) is 10.3. The van der Waals surface area contributed by atoms with Crippen molar-refractivity contribution in [1.82, 2.24) is 9.13 Å². The summed E-state index contributed by atoms with van der Waals surface area (Å²) < 4.78 is 5.26. The molecular formula is C19H16BrN3. The van der Waals surface area contributed by atoms with Crippen molar-refractivity contribution >= 4 is 43.4 Å². The minimum Gasteiger partial charge on any atom is -0.352 e. The highest BCUT2D eigenvalue weighted by Crippen LogP contribution is 2.21. The summed E-state index contributed by atoms with van der Waals surface area (Å²) in [6.07, 6.45) is 4.06. The summed E-state index contributed by atoms with van der Waals surface area (Å²) in [7, 11) is 4.03. The summed E-state index contributed by atoms with van der Waals surface area (Å²) in [4.78, 5) is 3.38. The number of aryl methyl sites for hydroxylation is 2. The lowest BCUT2D eigenvalue weighted by Crippen LogP contribution is -1.82. The maximum Gasteiger partial charge on any atom is 0.189 e. The first-order valence-electron chi connectivity index (χ1n) is 7.21. The van der Waals surface area contributed by atoms with Crippen molar-refractivity contribution in [2.75, 3.05) is 0 Å². The minimum absolute atomic E-state index is 0.698. The molecule has 2 aromatic heterocycles. The van der Waals surface area contributed by atoms with Crippen LogP contribution >= 0.6 is 15.9 Å². The van der Waals surface area contributed by atoms with Crippen molar-refractivity contribution in [3.05, 3.63) is 76.8 Å². The number of aromatic nitrogens is 2. The molecule has 0 unspecified atom stereocenters. The Morgan fingerprint density at radius 1 is 0.826 bits per heavy atom. The summed E-state index contributed by atoms with van der Waals surface area (Å²) in [5.74, 6) is 0. The molecule has 0 aliphatic rings. The Balaban J connectivity index is 0.000000136. The zero-order valence-corrected chi connectivity index (χ0v) is 14.6. The van der Waals surface area contributed by atoms with Gasteiger partial charge >= 0.3 is 0 Å². The fourth-order valence-corrected chi connectivity index (χ4v) is 2.91. The Bertz CT molecular complexity index is 1020. The van der Waals surface area contributed by atoms with Gasteiger partial charge in [-0.25, -0.2) is 4.85 Å². The van der Waals surface area contributed by atoms with Crippen molar-refractivity contribution < 1.29 is 0 Å². The second-order valence-electron chi connectivity index (χ2n) is 5.41. The van der Waals surface area contributed by atoms with E-state index < -0.39 is 0 Å². The van der Waals surface area contributed by atoms with Crippen LogP contribution in [0.3, 0.4) is 0 Å². The molecule has 0 aliphatic carbocycles. The van der Waals surface area contributed by atoms with E-state index in [1.54, 1.807) is 0 Å². The molecule has 0 saturated heterocycles. The highest BCUT2D eigenvalue weighted by Gasteiger charge is 1.98. The topological polar surface area (TPSA) is 14.2 Å². The molecule has 0 aliphatic heterocycles. The Morgan fingerprint density at radius 3 is 2.00 bits per heavy atom. The molecular weight excluding hydrogens is 350 g/mol. The zero-order valence-electron chi connectivity index (χ0n) is 13.0. The van der Waals surface area contributed by atoms with Gasteiger partial charge in [-0.1, -0.05) is 34.1 Å². The molecule has 2 aromatic carbocycles. The van der Waals surface area contributed by atoms with E-state index in [1.165, 1.54) is 16.3 Å². The van der Waals surface area contributed by atoms with Crippen molar-refractivity contribution in [1.29, 1.82) is 0 Å². The quantitative estimate of drug-likeness (QED) is 0.356. The summed E-state index contributed by atoms with van der Waals surface area (Å²) >= 11 is 3.44. The first-order chi connectivity index (χ1) is 11.1. The number of nitrogens with zero attached hydrogens (tertiary/aromatic N) is 3. The summed E-state index contributed by atoms with van der Waals surface area (Å²) in [6, 6.07) is 16.2. The second kappa shape index (κ2) is 6.31. The summed E-state index contributed by atoms with van der Waals surface area (Å²) in [5, 5.41) is 2.47. The molecule has 23 heavy (non-hydrogen) atoms. The predicted molar refractivity (Wildman–Crippen MR) is 99.8 cm³/mol. The Labute approximate surface area is 143 Å². The molecule has 114 valence electrons. The lowest BCUT2D eigenvalue weighted by Gasteiger charge is -1.95. The van der Waals surface area contributed by atoms with Crippen molar-refractivity contribution in [2.45, 2.75) is 0 Å². The number of rotatable bonds is 0. The van der Waals surface area contributed by atoms with E-state index in [1.807, 2.05) is 42.1 Å². The number of fused-ring (bicyclic) bond motifs is 2. The van der Waals surface area contributed by atoms with Crippen LogP contribution in [0.4, 0.5) is 5.69 Å². The fraction of sp³-hybridized carbons (Fsp3) is 0.105. The van der Waals surface area contributed by atoms with E-state index >= 15 is 0 Å². The van der Waals surface area contributed by atoms with Crippen LogP contribution in [-0.2, 0) is 14.1 Å². The van der Waals surface area contributed by atoms with Crippen LogP contribution in [0, 0.1) is 6.57 Å². The average Bonchev–Trinajstić information content (AvgIpc) is 3.11. The van der Waals surface area contributed by atoms with E-state index in [9.17, 15) is 0 Å². The molecule has 0 fully saturated rings. The van der Waals surface area contributed by atoms with Crippen molar-refractivity contribution in [2.24, 2.45) is 14.1 Å². The third-order valence-corrected chi connectivity index (χ3v) is 4.34. The lowest BCUT2D eigenvalue weighted by molar-refractivity contribution is 0.969. The zero-order chi connectivity index (χ0) is 16.4. The second-order valence-corrected chi connectivity index (χ2v) is 6.33. The van der Waals surface area contributed by atoms with Gasteiger partial charge in [-0.3, -0.25) is 0 Å². The van der Waals surface area contributed by atoms with E-state index in [4.69, 9.17) is 6.57 Å². The molecule has 0 bridgehead atoms. The van der Waals surface area contributed by atoms with Crippen LogP contribution < -0.4 is 0 Å². The van der Waals surface area contributed by atoms with Crippen LogP contribution in [0.5, 0.6) is 0 Å². The van der Waals surface area contributed by atoms with E-state index in [0.29, 0.717) is 5.69 Å². The molecule has 0 saturated carbocycles. The number of benzene rings is 2. The first kappa shape index (κ1) is 15.4. The van der Waals surface area contributed by atoms with E-state index in [-0.39, 0.29) is 0 Å². The summed E-state index contributed by atoms with van der Waals surface area (Å²) in [5.41, 5.74) is 3.08. The fourth-order valence-electron chi connectivity index (χ4n) is 2.56. The van der Waals surface area contributed by atoms with Gasteiger partial charge < -0.3 is 9.13 Å². The first-order valence-corrected chi connectivity index (χ1v) is 8.01. The molecule has 0 atom stereocenters. The van der Waals surface area contributed by atoms with Gasteiger partial charge in [0.25, 0.3) is 0 Å². The highest BCUT2D eigenvalue weighted by atomic mass is 79.9. The predicted octanol–water partition coefficient (Wildman–Crippen LogP) is 5.67. The van der Waals surface area contributed by atoms with Crippen LogP contribution in [0.1, 0.15) is 0 Å². The third kappa shape index (κ3) is 3.15. The number of halogens is 1. The van der Waals surface area contributed by atoms with Gasteiger partial charge in [-0.05, 0) is 41.1 Å². The molecule has 3 nitrogen and oxygen atoms in total. The Kier molecular flexibility index (Phi) is 4.22. The van der Waals surface area contributed by atoms with Gasteiger partial charge in [0.1, 0.15) is 0 Å². The maximum absolute atomic E-state index is 6.86. The molecule has 0 N–H and O–H groups in total. The Hall–Kier alpha value is -2.51. The molecule has 2 heterocycles. The molecule has 0 radical (unpaired) electrons. The standard InChI is InChI=1S/C10H8N2.C9H8BrN/c1-11-9-4-3-8-5-6-12(2)10(8)7-9;1-11-5-4-7-2-3-8(10)6-9(7)11/h3-7H,2H3;2-6H,1H3. The molecule has 4 rings (SSSR count). The van der Waals surface area contributed by atoms with E-state index in [0.717, 1.165) is 9.99 Å². The number of hydrogen-bond donors (Lipinski definition) is 0. The molecule has 0 spiro atoms. The Morgan fingerprint density at radius 2 is 1.39 bits per heavy atom. The van der Waals surface area contributed by atoms with Crippen molar-refractivity contribution in [3.63, 3.8) is 0 Å². The van der Waals surface area contributed by atoms with Gasteiger partial charge in [0.05, 0.1) is 6.57 Å². The molecule has 0 amide bonds. The molecule has 4 aromatic rings. The average molecular weight is 366 g/mol.